The van der Waals surface area contributed by atoms with Gasteiger partial charge in [-0.2, -0.15) is 17.0 Å². The molecular formula is C9H5NSY-2. The van der Waals surface area contributed by atoms with Crippen LogP contribution < -0.4 is 0 Å². The molecule has 2 heterocycles. The van der Waals surface area contributed by atoms with Gasteiger partial charge in [-0.25, -0.2) is 11.6 Å². The molecular weight excluding hydrogens is 243 g/mol. The van der Waals surface area contributed by atoms with E-state index < -0.39 is 0 Å². The molecule has 0 aliphatic rings. The second-order valence-electron chi connectivity index (χ2n) is 2.06. The summed E-state index contributed by atoms with van der Waals surface area (Å²) in [5, 5.41) is 2.00. The Labute approximate surface area is 101 Å². The van der Waals surface area contributed by atoms with Crippen LogP contribution >= 0.6 is 11.3 Å². The number of pyridine rings is 1. The summed E-state index contributed by atoms with van der Waals surface area (Å²) in [5.41, 5.74) is 1.02. The van der Waals surface area contributed by atoms with E-state index in [2.05, 4.69) is 17.2 Å². The Kier molecular flexibility index (Phi) is 4.06. The third kappa shape index (κ3) is 2.22. The Morgan fingerprint density at radius 3 is 2.92 bits per heavy atom. The fraction of sp³-hybridized carbons (Fsp3) is 0. The second kappa shape index (κ2) is 4.85. The molecule has 0 amide bonds. The van der Waals surface area contributed by atoms with Crippen molar-refractivity contribution in [3.63, 3.8) is 0 Å². The van der Waals surface area contributed by atoms with E-state index in [1.165, 1.54) is 0 Å². The fourth-order valence-corrected chi connectivity index (χ4v) is 1.49. The first-order valence-corrected chi connectivity index (χ1v) is 4.13. The van der Waals surface area contributed by atoms with E-state index >= 15 is 0 Å². The van der Waals surface area contributed by atoms with Crippen molar-refractivity contribution in [2.24, 2.45) is 0 Å². The number of aromatic nitrogens is 1. The molecule has 1 radical (unpaired) electrons. The average molecular weight is 248 g/mol. The minimum atomic E-state index is 0. The fourth-order valence-electron chi connectivity index (χ4n) is 0.840. The van der Waals surface area contributed by atoms with Gasteiger partial charge in [0.15, 0.2) is 0 Å². The predicted octanol–water partition coefficient (Wildman–Crippen LogP) is 2.41. The average Bonchev–Trinajstić information content (AvgIpc) is 2.58. The van der Waals surface area contributed by atoms with Gasteiger partial charge in [-0.15, -0.1) is 17.6 Å². The summed E-state index contributed by atoms with van der Waals surface area (Å²) in [6, 6.07) is 8.89. The zero-order valence-electron chi connectivity index (χ0n) is 6.32. The van der Waals surface area contributed by atoms with E-state index in [0.29, 0.717) is 0 Å². The molecule has 0 aliphatic heterocycles. The van der Waals surface area contributed by atoms with Gasteiger partial charge in [0.1, 0.15) is 0 Å². The Morgan fingerprint density at radius 2 is 2.33 bits per heavy atom. The smallest absolute Gasteiger partial charge is 0 e. The largest absolute Gasteiger partial charge is 0.374 e. The summed E-state index contributed by atoms with van der Waals surface area (Å²) < 4.78 is 0. The van der Waals surface area contributed by atoms with Gasteiger partial charge in [0, 0.05) is 32.7 Å². The summed E-state index contributed by atoms with van der Waals surface area (Å²) in [5.74, 6) is 0. The molecule has 3 heteroatoms. The monoisotopic (exact) mass is 248 g/mol. The molecule has 0 fully saturated rings. The topological polar surface area (TPSA) is 12.9 Å². The van der Waals surface area contributed by atoms with Crippen molar-refractivity contribution in [1.82, 2.24) is 4.98 Å². The van der Waals surface area contributed by atoms with Crippen LogP contribution in [0.5, 0.6) is 0 Å². The standard InChI is InChI=1S/C9H5NS.Y/c1-3-8(7-10-5-1)9-4-2-6-11-9;/h1-3,5-6H;/q-2;. The molecule has 0 N–H and O–H groups in total. The van der Waals surface area contributed by atoms with Crippen LogP contribution in [-0.4, -0.2) is 4.98 Å². The van der Waals surface area contributed by atoms with Gasteiger partial charge in [0.05, 0.1) is 0 Å². The maximum atomic E-state index is 3.90. The van der Waals surface area contributed by atoms with E-state index in [9.17, 15) is 0 Å². The number of hydrogen-bond donors (Lipinski definition) is 0. The molecule has 57 valence electrons. The third-order valence-electron chi connectivity index (χ3n) is 1.32. The Morgan fingerprint density at radius 1 is 1.42 bits per heavy atom. The molecule has 1 nitrogen and oxygen atoms in total. The van der Waals surface area contributed by atoms with E-state index in [1.807, 2.05) is 23.6 Å². The zero-order chi connectivity index (χ0) is 7.52. The van der Waals surface area contributed by atoms with Gasteiger partial charge >= 0.3 is 0 Å². The number of rotatable bonds is 1. The molecule has 2 rings (SSSR count). The second-order valence-corrected chi connectivity index (χ2v) is 2.97. The van der Waals surface area contributed by atoms with Gasteiger partial charge in [-0.05, 0) is 0 Å². The minimum absolute atomic E-state index is 0. The van der Waals surface area contributed by atoms with Crippen LogP contribution in [0.1, 0.15) is 0 Å². The van der Waals surface area contributed by atoms with Crippen LogP contribution in [-0.2, 0) is 32.7 Å². The maximum absolute atomic E-state index is 3.90. The third-order valence-corrected chi connectivity index (χ3v) is 2.17. The van der Waals surface area contributed by atoms with Crippen LogP contribution in [0.4, 0.5) is 0 Å². The SMILES string of the molecule is [Y].[c-]1ncccc1-c1[c-]ccs1. The predicted molar refractivity (Wildman–Crippen MR) is 45.2 cm³/mol. The number of nitrogens with zero attached hydrogens (tertiary/aromatic N) is 1. The summed E-state index contributed by atoms with van der Waals surface area (Å²) in [7, 11) is 0. The quantitative estimate of drug-likeness (QED) is 0.706. The molecule has 0 saturated carbocycles. The molecule has 0 saturated heterocycles. The Hall–Kier alpha value is -0.0461. The molecule has 0 spiro atoms. The van der Waals surface area contributed by atoms with Crippen molar-refractivity contribution in [1.29, 1.82) is 0 Å². The molecule has 0 aliphatic carbocycles. The first kappa shape index (κ1) is 10.0. The van der Waals surface area contributed by atoms with Gasteiger partial charge in [0.2, 0.25) is 0 Å². The van der Waals surface area contributed by atoms with Gasteiger partial charge < -0.3 is 4.98 Å². The normalized spacial score (nSPS) is 9.00. The summed E-state index contributed by atoms with van der Waals surface area (Å²) in [6.07, 6.45) is 4.62. The van der Waals surface area contributed by atoms with Gasteiger partial charge in [-0.1, -0.05) is 6.20 Å². The van der Waals surface area contributed by atoms with E-state index in [1.54, 1.807) is 17.5 Å². The zero-order valence-corrected chi connectivity index (χ0v) is 9.97. The Balaban J connectivity index is 0.000000720. The molecule has 0 atom stereocenters. The van der Waals surface area contributed by atoms with Crippen LogP contribution in [0.15, 0.2) is 29.8 Å². The van der Waals surface area contributed by atoms with Crippen molar-refractivity contribution in [2.75, 3.05) is 0 Å². The van der Waals surface area contributed by atoms with Crippen LogP contribution in [0, 0.1) is 12.3 Å². The molecule has 12 heavy (non-hydrogen) atoms. The molecule has 0 unspecified atom stereocenters. The number of thiophene rings is 1. The summed E-state index contributed by atoms with van der Waals surface area (Å²) >= 11 is 1.65. The number of hydrogen-bond acceptors (Lipinski definition) is 2. The summed E-state index contributed by atoms with van der Waals surface area (Å²) in [6.45, 7) is 0. The molecule has 2 aromatic heterocycles. The molecule has 0 bridgehead atoms. The summed E-state index contributed by atoms with van der Waals surface area (Å²) in [4.78, 5) is 5.00. The van der Waals surface area contributed by atoms with E-state index in [4.69, 9.17) is 0 Å². The van der Waals surface area contributed by atoms with Crippen LogP contribution in [0.2, 0.25) is 0 Å². The van der Waals surface area contributed by atoms with Crippen molar-refractivity contribution < 1.29 is 32.7 Å². The molecule has 0 aromatic carbocycles. The van der Waals surface area contributed by atoms with Crippen molar-refractivity contribution in [2.45, 2.75) is 0 Å². The van der Waals surface area contributed by atoms with E-state index in [0.717, 1.165) is 10.4 Å². The maximum Gasteiger partial charge on any atom is 0 e. The van der Waals surface area contributed by atoms with Crippen molar-refractivity contribution in [3.8, 4) is 10.4 Å². The minimum Gasteiger partial charge on any atom is -0.374 e. The van der Waals surface area contributed by atoms with Crippen LogP contribution in [0.25, 0.3) is 10.4 Å². The Bertz CT molecular complexity index is 318. The first-order valence-electron chi connectivity index (χ1n) is 3.25. The van der Waals surface area contributed by atoms with Gasteiger partial charge in [0.25, 0.3) is 0 Å². The first-order chi connectivity index (χ1) is 5.47. The van der Waals surface area contributed by atoms with Crippen LogP contribution in [0.3, 0.4) is 0 Å². The van der Waals surface area contributed by atoms with Crippen molar-refractivity contribution in [3.05, 3.63) is 42.0 Å². The van der Waals surface area contributed by atoms with E-state index in [-0.39, 0.29) is 32.7 Å². The van der Waals surface area contributed by atoms with Gasteiger partial charge in [-0.3, -0.25) is 11.3 Å². The molecule has 2 aromatic rings. The van der Waals surface area contributed by atoms with Crippen molar-refractivity contribution >= 4 is 11.3 Å².